The fraction of sp³-hybridized carbons (Fsp3) is 0.433. The van der Waals surface area contributed by atoms with Gasteiger partial charge in [0.05, 0.1) is 7.11 Å². The number of rotatable bonds is 10. The monoisotopic (exact) mass is 517 g/mol. The second-order valence-corrected chi connectivity index (χ2v) is 10.2. The molecule has 1 fully saturated rings. The maximum Gasteiger partial charge on any atom is 0.257 e. The Bertz CT molecular complexity index is 1210. The number of aromatic nitrogens is 2. The highest BCUT2D eigenvalue weighted by molar-refractivity contribution is 5.94. The zero-order valence-corrected chi connectivity index (χ0v) is 22.9. The highest BCUT2D eigenvalue weighted by Gasteiger charge is 2.27. The Labute approximate surface area is 225 Å². The summed E-state index contributed by atoms with van der Waals surface area (Å²) < 4.78 is 6.05. The molecule has 0 spiro atoms. The van der Waals surface area contributed by atoms with E-state index in [0.717, 1.165) is 50.2 Å². The Balaban J connectivity index is 1.34. The second-order valence-electron chi connectivity index (χ2n) is 10.2. The molecule has 1 aromatic carbocycles. The summed E-state index contributed by atoms with van der Waals surface area (Å²) in [7, 11) is 1.69. The Morgan fingerprint density at radius 3 is 2.61 bits per heavy atom. The molecule has 0 aliphatic carbocycles. The number of methoxy groups -OCH3 is 1. The summed E-state index contributed by atoms with van der Waals surface area (Å²) in [6.07, 6.45) is 9.55. The molecule has 2 aromatic heterocycles. The number of piperidine rings is 1. The molecule has 0 radical (unpaired) electrons. The molecule has 1 saturated heterocycles. The molecule has 38 heavy (non-hydrogen) atoms. The summed E-state index contributed by atoms with van der Waals surface area (Å²) in [4.78, 5) is 21.9. The SMILES string of the molecule is COc1ccc(N(Cc2cnccc2C)C2CCN([C@H](C)CCNC(=O)c3c[n+]([O-])ccc3C)CC2)cc1. The number of pyridine rings is 2. The Kier molecular flexibility index (Phi) is 9.18. The van der Waals surface area contributed by atoms with Crippen LogP contribution in [0.2, 0.25) is 0 Å². The predicted octanol–water partition coefficient (Wildman–Crippen LogP) is 4.02. The summed E-state index contributed by atoms with van der Waals surface area (Å²) in [5.74, 6) is 0.663. The van der Waals surface area contributed by atoms with E-state index in [2.05, 4.69) is 52.1 Å². The summed E-state index contributed by atoms with van der Waals surface area (Å²) in [5, 5.41) is 14.6. The van der Waals surface area contributed by atoms with Crippen molar-refractivity contribution in [3.8, 4) is 5.75 Å². The van der Waals surface area contributed by atoms with Crippen molar-refractivity contribution in [2.24, 2.45) is 0 Å². The van der Waals surface area contributed by atoms with Crippen molar-refractivity contribution in [1.29, 1.82) is 0 Å². The first-order valence-corrected chi connectivity index (χ1v) is 13.4. The Hall–Kier alpha value is -3.65. The number of likely N-dealkylation sites (tertiary alicyclic amines) is 1. The number of nitrogens with zero attached hydrogens (tertiary/aromatic N) is 4. The van der Waals surface area contributed by atoms with Gasteiger partial charge in [-0.3, -0.25) is 9.78 Å². The minimum atomic E-state index is -0.195. The van der Waals surface area contributed by atoms with E-state index in [4.69, 9.17) is 4.74 Å². The van der Waals surface area contributed by atoms with Gasteiger partial charge < -0.3 is 25.1 Å². The third-order valence-electron chi connectivity index (χ3n) is 7.70. The maximum atomic E-state index is 12.5. The lowest BCUT2D eigenvalue weighted by Gasteiger charge is -2.42. The molecule has 1 aliphatic rings. The molecule has 0 bridgehead atoms. The van der Waals surface area contributed by atoms with Gasteiger partial charge in [-0.2, -0.15) is 4.73 Å². The van der Waals surface area contributed by atoms with E-state index in [0.29, 0.717) is 28.9 Å². The molecule has 202 valence electrons. The van der Waals surface area contributed by atoms with Crippen LogP contribution in [0.25, 0.3) is 0 Å². The number of nitrogens with one attached hydrogen (secondary N) is 1. The lowest BCUT2D eigenvalue weighted by atomic mass is 9.99. The van der Waals surface area contributed by atoms with E-state index in [9.17, 15) is 10.0 Å². The van der Waals surface area contributed by atoms with Crippen LogP contribution in [0.15, 0.2) is 61.2 Å². The maximum absolute atomic E-state index is 12.5. The van der Waals surface area contributed by atoms with Gasteiger partial charge in [-0.15, -0.1) is 0 Å². The number of carbonyl (C=O) groups is 1. The number of carbonyl (C=O) groups excluding carboxylic acids is 1. The normalized spacial score (nSPS) is 15.2. The number of anilines is 1. The zero-order chi connectivity index (χ0) is 27.1. The molecule has 4 rings (SSSR count). The first-order chi connectivity index (χ1) is 18.4. The lowest BCUT2D eigenvalue weighted by molar-refractivity contribution is -0.605. The van der Waals surface area contributed by atoms with Crippen LogP contribution in [-0.2, 0) is 6.54 Å². The van der Waals surface area contributed by atoms with Crippen LogP contribution in [-0.4, -0.2) is 54.6 Å². The Morgan fingerprint density at radius 1 is 1.18 bits per heavy atom. The summed E-state index contributed by atoms with van der Waals surface area (Å²) >= 11 is 0. The van der Waals surface area contributed by atoms with E-state index in [1.807, 2.05) is 31.5 Å². The van der Waals surface area contributed by atoms with E-state index in [-0.39, 0.29) is 5.91 Å². The van der Waals surface area contributed by atoms with Crippen molar-refractivity contribution in [2.75, 3.05) is 31.6 Å². The molecule has 1 amide bonds. The van der Waals surface area contributed by atoms with Gasteiger partial charge in [-0.1, -0.05) is 0 Å². The molecule has 1 N–H and O–H groups in total. The molecule has 0 saturated carbocycles. The molecule has 1 aliphatic heterocycles. The smallest absolute Gasteiger partial charge is 0.257 e. The van der Waals surface area contributed by atoms with Gasteiger partial charge in [0.25, 0.3) is 5.91 Å². The average molecular weight is 518 g/mol. The number of benzene rings is 1. The van der Waals surface area contributed by atoms with Crippen LogP contribution in [0.3, 0.4) is 0 Å². The number of ether oxygens (including phenoxy) is 1. The summed E-state index contributed by atoms with van der Waals surface area (Å²) in [5.41, 5.74) is 4.92. The van der Waals surface area contributed by atoms with Crippen molar-refractivity contribution in [3.05, 3.63) is 88.6 Å². The van der Waals surface area contributed by atoms with Gasteiger partial charge >= 0.3 is 0 Å². The van der Waals surface area contributed by atoms with Crippen LogP contribution in [0.4, 0.5) is 5.69 Å². The number of aryl methyl sites for hydroxylation is 2. The van der Waals surface area contributed by atoms with Crippen LogP contribution >= 0.6 is 0 Å². The van der Waals surface area contributed by atoms with Crippen molar-refractivity contribution in [2.45, 2.75) is 58.7 Å². The van der Waals surface area contributed by atoms with Crippen molar-refractivity contribution in [3.63, 3.8) is 0 Å². The largest absolute Gasteiger partial charge is 0.619 e. The van der Waals surface area contributed by atoms with Gasteiger partial charge in [-0.05, 0) is 87.1 Å². The third kappa shape index (κ3) is 6.81. The first-order valence-electron chi connectivity index (χ1n) is 13.4. The predicted molar refractivity (Wildman–Crippen MR) is 149 cm³/mol. The molecule has 0 unspecified atom stereocenters. The number of hydrogen-bond acceptors (Lipinski definition) is 6. The average Bonchev–Trinajstić information content (AvgIpc) is 2.94. The first kappa shape index (κ1) is 27.4. The highest BCUT2D eigenvalue weighted by atomic mass is 16.5. The minimum absolute atomic E-state index is 0.195. The molecular weight excluding hydrogens is 478 g/mol. The van der Waals surface area contributed by atoms with Gasteiger partial charge in [0.15, 0.2) is 12.4 Å². The highest BCUT2D eigenvalue weighted by Crippen LogP contribution is 2.29. The van der Waals surface area contributed by atoms with Crippen molar-refractivity contribution in [1.82, 2.24) is 15.2 Å². The van der Waals surface area contributed by atoms with E-state index >= 15 is 0 Å². The van der Waals surface area contributed by atoms with Crippen LogP contribution in [0.1, 0.15) is 53.2 Å². The van der Waals surface area contributed by atoms with Gasteiger partial charge in [0, 0.05) is 62.4 Å². The van der Waals surface area contributed by atoms with E-state index in [1.54, 1.807) is 13.2 Å². The fourth-order valence-corrected chi connectivity index (χ4v) is 5.15. The fourth-order valence-electron chi connectivity index (χ4n) is 5.15. The van der Waals surface area contributed by atoms with Crippen LogP contribution < -0.4 is 19.7 Å². The minimum Gasteiger partial charge on any atom is -0.619 e. The standard InChI is InChI=1S/C30H39N5O3/c1-22-9-14-31-19-25(22)20-35(26-5-7-28(38-4)8-6-26)27-12-16-33(17-13-27)24(3)10-15-32-30(36)29-21-34(37)18-11-23(29)2/h5-9,11,14,18-19,21,24,27H,10,12-13,15-17,20H2,1-4H3,(H,32,36)/t24-/m1/s1. The van der Waals surface area contributed by atoms with Gasteiger partial charge in [0.2, 0.25) is 0 Å². The van der Waals surface area contributed by atoms with Gasteiger partial charge in [0.1, 0.15) is 11.3 Å². The second kappa shape index (κ2) is 12.7. The number of hydrogen-bond donors (Lipinski definition) is 1. The van der Waals surface area contributed by atoms with E-state index < -0.39 is 0 Å². The molecule has 3 aromatic rings. The molecular formula is C30H39N5O3. The summed E-state index contributed by atoms with van der Waals surface area (Å²) in [6, 6.07) is 12.9. The molecule has 3 heterocycles. The lowest BCUT2D eigenvalue weighted by Crippen LogP contribution is -2.48. The third-order valence-corrected chi connectivity index (χ3v) is 7.70. The van der Waals surface area contributed by atoms with Gasteiger partial charge in [-0.25, -0.2) is 0 Å². The number of amides is 1. The molecule has 8 nitrogen and oxygen atoms in total. The van der Waals surface area contributed by atoms with E-state index in [1.165, 1.54) is 29.2 Å². The van der Waals surface area contributed by atoms with Crippen molar-refractivity contribution >= 4 is 11.6 Å². The topological polar surface area (TPSA) is 84.6 Å². The van der Waals surface area contributed by atoms with Crippen molar-refractivity contribution < 1.29 is 14.3 Å². The quantitative estimate of drug-likeness (QED) is 0.323. The Morgan fingerprint density at radius 2 is 1.92 bits per heavy atom. The molecule has 1 atom stereocenters. The van der Waals surface area contributed by atoms with Crippen LogP contribution in [0.5, 0.6) is 5.75 Å². The zero-order valence-electron chi connectivity index (χ0n) is 22.9. The molecule has 8 heteroatoms. The van der Waals surface area contributed by atoms with Crippen LogP contribution in [0, 0.1) is 19.1 Å². The summed E-state index contributed by atoms with van der Waals surface area (Å²) in [6.45, 7) is 9.62.